The van der Waals surface area contributed by atoms with E-state index in [-0.39, 0.29) is 16.2 Å². The number of nitrogens with zero attached hydrogens (tertiary/aromatic N) is 2. The molecule has 0 unspecified atom stereocenters. The van der Waals surface area contributed by atoms with Crippen molar-refractivity contribution in [2.24, 2.45) is 0 Å². The van der Waals surface area contributed by atoms with E-state index in [0.717, 1.165) is 51.5 Å². The Labute approximate surface area is 423 Å². The molecule has 392 valence electrons. The monoisotopic (exact) mass is 1040 g/mol. The topological polar surface area (TPSA) is 220 Å². The molecule has 2 N–H and O–H groups in total. The number of aliphatic carboxylic acids is 1. The summed E-state index contributed by atoms with van der Waals surface area (Å²) in [5, 5.41) is 9.29. The average Bonchev–Trinajstić information content (AvgIpc) is 3.68. The number of carbonyl (C=O) groups is 1. The molecule has 0 saturated heterocycles. The summed E-state index contributed by atoms with van der Waals surface area (Å²) in [4.78, 5) is 12.9. The minimum atomic E-state index is -4.74. The second-order valence-electron chi connectivity index (χ2n) is 18.6. The number of carboxylic acids is 1. The van der Waals surface area contributed by atoms with E-state index in [0.29, 0.717) is 115 Å². The molecule has 0 bridgehead atoms. The van der Waals surface area contributed by atoms with Crippen molar-refractivity contribution in [3.63, 3.8) is 0 Å². The molecule has 3 aliphatic rings. The molecule has 0 amide bonds. The Morgan fingerprint density at radius 2 is 1.35 bits per heavy atom. The fraction of sp³-hybridized carbons (Fsp3) is 0.472. The van der Waals surface area contributed by atoms with Crippen molar-refractivity contribution in [3.8, 4) is 5.75 Å². The van der Waals surface area contributed by atoms with Crippen LogP contribution in [0, 0.1) is 0 Å². The lowest BCUT2D eigenvalue weighted by Crippen LogP contribution is -2.29. The summed E-state index contributed by atoms with van der Waals surface area (Å²) in [5.74, 6) is 0.279. The molecule has 6 rings (SSSR count). The molecular weight excluding hydrogens is 969 g/mol. The highest BCUT2D eigenvalue weighted by Gasteiger charge is 2.45. The molecule has 0 spiro atoms. The van der Waals surface area contributed by atoms with E-state index in [4.69, 9.17) is 33.2 Å². The fourth-order valence-corrected chi connectivity index (χ4v) is 10.2. The molecular formula is C53H68N2O15S2. The van der Waals surface area contributed by atoms with Crippen LogP contribution in [0.25, 0.3) is 0 Å². The number of ether oxygens (including phenoxy) is 7. The highest BCUT2D eigenvalue weighted by Crippen LogP contribution is 2.49. The Bertz CT molecular complexity index is 2780. The second-order valence-corrected chi connectivity index (χ2v) is 21.4. The fourth-order valence-electron chi connectivity index (χ4n) is 9.15. The lowest BCUT2D eigenvalue weighted by Gasteiger charge is -2.27. The number of fused-ring (bicyclic) bond motifs is 2. The van der Waals surface area contributed by atoms with Gasteiger partial charge in [0.15, 0.2) is 12.3 Å². The standard InChI is InChI=1S/C53H68N2O15S2/c1-52(2)44-36-42(71(58,59)60)17-19-46(44)54(24-26-66-32-34-68-30-28-64-5)48(52)21-13-39-8-7-9-40(51(39)70-41-15-10-38(11-16-41)12-23-50(56)57)14-22-49-53(3,4)45-37-43(72(61,62)63)18-20-47(45)55(49)25-27-67-33-35-69-31-29-65-6/h10-11,13-22,36-37H,7-9,12,23-35H2,1-6H3,(H2-,56,57,58,59,60,61,62,63). The van der Waals surface area contributed by atoms with Crippen molar-refractivity contribution in [1.29, 1.82) is 0 Å². The van der Waals surface area contributed by atoms with Crippen LogP contribution in [0.2, 0.25) is 0 Å². The lowest BCUT2D eigenvalue weighted by atomic mass is 9.81. The van der Waals surface area contributed by atoms with Crippen molar-refractivity contribution in [2.45, 2.75) is 80.4 Å². The Balaban J connectivity index is 1.41. The third-order valence-electron chi connectivity index (χ3n) is 13.0. The highest BCUT2D eigenvalue weighted by atomic mass is 32.2. The van der Waals surface area contributed by atoms with E-state index in [1.54, 1.807) is 26.4 Å². The molecule has 3 aromatic carbocycles. The van der Waals surface area contributed by atoms with Gasteiger partial charge in [-0.3, -0.25) is 9.35 Å². The molecule has 72 heavy (non-hydrogen) atoms. The predicted molar refractivity (Wildman–Crippen MR) is 270 cm³/mol. The van der Waals surface area contributed by atoms with E-state index in [1.807, 2.05) is 76.3 Å². The molecule has 0 saturated carbocycles. The highest BCUT2D eigenvalue weighted by molar-refractivity contribution is 7.86. The van der Waals surface area contributed by atoms with Crippen molar-refractivity contribution < 1.29 is 73.6 Å². The largest absolute Gasteiger partial charge is 0.744 e. The van der Waals surface area contributed by atoms with E-state index in [2.05, 4.69) is 9.48 Å². The van der Waals surface area contributed by atoms with Crippen LogP contribution in [-0.2, 0) is 70.7 Å². The van der Waals surface area contributed by atoms with Crippen LogP contribution in [-0.4, -0.2) is 141 Å². The quantitative estimate of drug-likeness (QED) is 0.0415. The van der Waals surface area contributed by atoms with Crippen LogP contribution < -0.4 is 9.64 Å². The molecule has 1 aliphatic carbocycles. The first-order chi connectivity index (χ1) is 34.3. The first-order valence-electron chi connectivity index (χ1n) is 24.0. The van der Waals surface area contributed by atoms with Gasteiger partial charge in [-0.15, -0.1) is 0 Å². The smallest absolute Gasteiger partial charge is 0.303 e. The molecule has 19 heteroatoms. The van der Waals surface area contributed by atoms with Gasteiger partial charge in [0.25, 0.3) is 10.1 Å². The zero-order chi connectivity index (χ0) is 52.1. The normalized spacial score (nSPS) is 17.7. The number of carboxylic acid groups (broad SMARTS) is 1. The predicted octanol–water partition coefficient (Wildman–Crippen LogP) is 7.27. The van der Waals surface area contributed by atoms with Crippen molar-refractivity contribution in [2.75, 3.05) is 98.3 Å². The number of aryl methyl sites for hydroxylation is 1. The van der Waals surface area contributed by atoms with E-state index >= 15 is 0 Å². The SMILES string of the molecule is COCCOCCOCCN1/C(=C/C=C2\CCCC(/C=C/C3=[N+](CCOCCOCCOC)c4ccc(S(=O)(=O)[O-])cc4C3(C)C)=C2Oc2ccc(CCC(=O)O)cc2)C(C)(C)c2cc(S(=O)(=O)O)ccc21. The maximum Gasteiger partial charge on any atom is 0.303 e. The van der Waals surface area contributed by atoms with Gasteiger partial charge in [-0.25, -0.2) is 8.42 Å². The van der Waals surface area contributed by atoms with Gasteiger partial charge < -0.3 is 47.7 Å². The Morgan fingerprint density at radius 3 is 1.97 bits per heavy atom. The number of hydrogen-bond donors (Lipinski definition) is 2. The summed E-state index contributed by atoms with van der Waals surface area (Å²) >= 11 is 0. The molecule has 17 nitrogen and oxygen atoms in total. The first kappa shape index (κ1) is 56.2. The van der Waals surface area contributed by atoms with Crippen LogP contribution in [0.15, 0.2) is 117 Å². The Hall–Kier alpha value is -5.06. The molecule has 0 atom stereocenters. The summed E-state index contributed by atoms with van der Waals surface area (Å²) in [7, 11) is -6.02. The number of benzene rings is 3. The van der Waals surface area contributed by atoms with Gasteiger partial charge >= 0.3 is 5.97 Å². The summed E-state index contributed by atoms with van der Waals surface area (Å²) in [6, 6.07) is 16.4. The van der Waals surface area contributed by atoms with E-state index in [9.17, 15) is 35.8 Å². The molecule has 3 aromatic rings. The average molecular weight is 1040 g/mol. The summed E-state index contributed by atoms with van der Waals surface area (Å²) in [6.45, 7) is 12.8. The third-order valence-corrected chi connectivity index (χ3v) is 14.7. The maximum atomic E-state index is 12.4. The van der Waals surface area contributed by atoms with E-state index in [1.165, 1.54) is 24.3 Å². The summed E-state index contributed by atoms with van der Waals surface area (Å²) in [5.41, 5.74) is 5.80. The van der Waals surface area contributed by atoms with Gasteiger partial charge in [-0.05, 0) is 116 Å². The van der Waals surface area contributed by atoms with Gasteiger partial charge in [0.1, 0.15) is 28.2 Å². The minimum Gasteiger partial charge on any atom is -0.744 e. The Morgan fingerprint density at radius 1 is 0.736 bits per heavy atom. The van der Waals surface area contributed by atoms with Crippen LogP contribution in [0.4, 0.5) is 11.4 Å². The molecule has 2 heterocycles. The number of hydrogen-bond acceptors (Lipinski definition) is 14. The van der Waals surface area contributed by atoms with Crippen LogP contribution in [0.1, 0.15) is 70.1 Å². The molecule has 0 aromatic heterocycles. The number of methoxy groups -OCH3 is 2. The van der Waals surface area contributed by atoms with Crippen LogP contribution in [0.5, 0.6) is 5.75 Å². The molecule has 2 aliphatic heterocycles. The van der Waals surface area contributed by atoms with Crippen molar-refractivity contribution in [3.05, 3.63) is 124 Å². The van der Waals surface area contributed by atoms with Crippen molar-refractivity contribution >= 4 is 43.3 Å². The van der Waals surface area contributed by atoms with Crippen LogP contribution >= 0.6 is 0 Å². The molecule has 0 radical (unpaired) electrons. The zero-order valence-electron chi connectivity index (χ0n) is 42.0. The van der Waals surface area contributed by atoms with Gasteiger partial charge in [0.05, 0.1) is 74.7 Å². The van der Waals surface area contributed by atoms with Crippen LogP contribution in [0.3, 0.4) is 0 Å². The number of rotatable bonds is 28. The Kier molecular flexibility index (Phi) is 19.7. The van der Waals surface area contributed by atoms with Gasteiger partial charge in [-0.2, -0.15) is 13.0 Å². The summed E-state index contributed by atoms with van der Waals surface area (Å²) < 4.78 is 114. The summed E-state index contributed by atoms with van der Waals surface area (Å²) in [6.07, 6.45) is 10.5. The van der Waals surface area contributed by atoms with Gasteiger partial charge in [-0.1, -0.05) is 32.1 Å². The van der Waals surface area contributed by atoms with Gasteiger partial charge in [0.2, 0.25) is 5.69 Å². The van der Waals surface area contributed by atoms with E-state index < -0.39 is 37.0 Å². The lowest BCUT2D eigenvalue weighted by molar-refractivity contribution is -0.442. The minimum absolute atomic E-state index is 0.00879. The first-order valence-corrected chi connectivity index (χ1v) is 26.9. The number of anilines is 1. The third kappa shape index (κ3) is 14.4. The molecule has 0 fully saturated rings. The zero-order valence-corrected chi connectivity index (χ0v) is 43.6. The number of allylic oxidation sites excluding steroid dienone is 7. The maximum absolute atomic E-state index is 12.4. The van der Waals surface area contributed by atoms with Gasteiger partial charge in [0, 0.05) is 61.7 Å². The second kappa shape index (κ2) is 25.3. The van der Waals surface area contributed by atoms with Crippen molar-refractivity contribution in [1.82, 2.24) is 0 Å².